The lowest BCUT2D eigenvalue weighted by molar-refractivity contribution is -0.120. The Labute approximate surface area is 179 Å². The Morgan fingerprint density at radius 2 is 1.82 bits per heavy atom. The van der Waals surface area contributed by atoms with Crippen molar-refractivity contribution in [2.24, 2.45) is 0 Å². The molecule has 0 aromatic heterocycles. The number of halogens is 3. The highest BCUT2D eigenvalue weighted by Crippen LogP contribution is 2.35. The smallest absolute Gasteiger partial charge is 0.241 e. The Bertz CT molecular complexity index is 1010. The van der Waals surface area contributed by atoms with E-state index in [9.17, 15) is 13.2 Å². The van der Waals surface area contributed by atoms with Gasteiger partial charge in [0.2, 0.25) is 15.9 Å². The average molecular weight is 462 g/mol. The SMILES string of the molecule is CS(=O)(=O)N(CC(=O)NC1CCCc2ccccc21)c1cc(Cl)c(Cl)cc1Cl. The molecule has 3 rings (SSSR count). The number of hydrogen-bond acceptors (Lipinski definition) is 3. The Morgan fingerprint density at radius 1 is 1.14 bits per heavy atom. The zero-order valence-corrected chi connectivity index (χ0v) is 18.2. The van der Waals surface area contributed by atoms with Gasteiger partial charge in [-0.15, -0.1) is 0 Å². The number of amides is 1. The van der Waals surface area contributed by atoms with Gasteiger partial charge in [-0.2, -0.15) is 0 Å². The van der Waals surface area contributed by atoms with Crippen LogP contribution in [-0.2, 0) is 21.2 Å². The van der Waals surface area contributed by atoms with E-state index in [-0.39, 0.29) is 26.8 Å². The predicted molar refractivity (Wildman–Crippen MR) is 114 cm³/mol. The highest BCUT2D eigenvalue weighted by atomic mass is 35.5. The highest BCUT2D eigenvalue weighted by molar-refractivity contribution is 7.92. The molecule has 0 spiro atoms. The Morgan fingerprint density at radius 3 is 2.54 bits per heavy atom. The Balaban J connectivity index is 1.83. The molecule has 1 aliphatic carbocycles. The van der Waals surface area contributed by atoms with E-state index in [0.29, 0.717) is 0 Å². The number of aryl methyl sites for hydroxylation is 1. The number of sulfonamides is 1. The maximum atomic E-state index is 12.7. The molecule has 2 aromatic carbocycles. The molecule has 0 radical (unpaired) electrons. The third kappa shape index (κ3) is 4.74. The van der Waals surface area contributed by atoms with E-state index in [1.807, 2.05) is 24.3 Å². The maximum absolute atomic E-state index is 12.7. The van der Waals surface area contributed by atoms with Gasteiger partial charge in [0.15, 0.2) is 0 Å². The summed E-state index contributed by atoms with van der Waals surface area (Å²) in [6.07, 6.45) is 3.73. The zero-order chi connectivity index (χ0) is 20.5. The summed E-state index contributed by atoms with van der Waals surface area (Å²) in [6, 6.07) is 10.5. The molecule has 1 aliphatic rings. The van der Waals surface area contributed by atoms with E-state index in [0.717, 1.165) is 35.4 Å². The predicted octanol–water partition coefficient (Wildman–Crippen LogP) is 4.61. The van der Waals surface area contributed by atoms with Crippen LogP contribution in [-0.4, -0.2) is 27.1 Å². The van der Waals surface area contributed by atoms with Crippen LogP contribution in [0, 0.1) is 0 Å². The van der Waals surface area contributed by atoms with Crippen LogP contribution >= 0.6 is 34.8 Å². The van der Waals surface area contributed by atoms with Gasteiger partial charge in [0.1, 0.15) is 6.54 Å². The van der Waals surface area contributed by atoms with Crippen molar-refractivity contribution in [2.75, 3.05) is 17.1 Å². The van der Waals surface area contributed by atoms with Gasteiger partial charge in [-0.3, -0.25) is 9.10 Å². The average Bonchev–Trinajstić information content (AvgIpc) is 2.62. The fourth-order valence-corrected chi connectivity index (χ4v) is 4.91. The van der Waals surface area contributed by atoms with E-state index in [1.165, 1.54) is 17.7 Å². The molecule has 0 bridgehead atoms. The van der Waals surface area contributed by atoms with Crippen LogP contribution in [0.15, 0.2) is 36.4 Å². The maximum Gasteiger partial charge on any atom is 0.241 e. The fraction of sp³-hybridized carbons (Fsp3) is 0.316. The van der Waals surface area contributed by atoms with E-state index < -0.39 is 22.5 Å². The summed E-state index contributed by atoms with van der Waals surface area (Å²) >= 11 is 18.1. The molecule has 1 amide bonds. The number of nitrogens with zero attached hydrogens (tertiary/aromatic N) is 1. The van der Waals surface area contributed by atoms with Gasteiger partial charge in [-0.25, -0.2) is 8.42 Å². The van der Waals surface area contributed by atoms with Crippen LogP contribution in [0.5, 0.6) is 0 Å². The third-order valence-electron chi connectivity index (χ3n) is 4.65. The van der Waals surface area contributed by atoms with Crippen LogP contribution in [0.4, 0.5) is 5.69 Å². The number of carbonyl (C=O) groups excluding carboxylic acids is 1. The summed E-state index contributed by atoms with van der Waals surface area (Å²) in [4.78, 5) is 12.7. The molecule has 0 fully saturated rings. The second kappa shape index (κ2) is 8.49. The summed E-state index contributed by atoms with van der Waals surface area (Å²) in [5.41, 5.74) is 2.38. The fourth-order valence-electron chi connectivity index (χ4n) is 3.36. The van der Waals surface area contributed by atoms with Gasteiger partial charge in [0, 0.05) is 0 Å². The molecule has 9 heteroatoms. The van der Waals surface area contributed by atoms with Crippen molar-refractivity contribution >= 4 is 56.4 Å². The lowest BCUT2D eigenvalue weighted by Crippen LogP contribution is -2.42. The Hall–Kier alpha value is -1.47. The van der Waals surface area contributed by atoms with Crippen LogP contribution in [0.2, 0.25) is 15.1 Å². The van der Waals surface area contributed by atoms with Gasteiger partial charge in [-0.05, 0) is 42.5 Å². The van der Waals surface area contributed by atoms with Crippen LogP contribution in [0.1, 0.15) is 30.0 Å². The second-order valence-corrected chi connectivity index (χ2v) is 9.83. The monoisotopic (exact) mass is 460 g/mol. The van der Waals surface area contributed by atoms with Gasteiger partial charge in [-0.1, -0.05) is 59.1 Å². The Kier molecular flexibility index (Phi) is 6.44. The molecule has 0 saturated carbocycles. The normalized spacial score (nSPS) is 16.4. The van der Waals surface area contributed by atoms with Gasteiger partial charge < -0.3 is 5.32 Å². The summed E-state index contributed by atoms with van der Waals surface area (Å²) in [6.45, 7) is -0.408. The van der Waals surface area contributed by atoms with Crippen molar-refractivity contribution in [1.29, 1.82) is 0 Å². The number of rotatable bonds is 5. The van der Waals surface area contributed by atoms with E-state index in [4.69, 9.17) is 34.8 Å². The number of nitrogens with one attached hydrogen (secondary N) is 1. The summed E-state index contributed by atoms with van der Waals surface area (Å²) in [5.74, 6) is -0.422. The van der Waals surface area contributed by atoms with Crippen molar-refractivity contribution in [1.82, 2.24) is 5.32 Å². The molecule has 28 heavy (non-hydrogen) atoms. The van der Waals surface area contributed by atoms with Crippen molar-refractivity contribution in [3.63, 3.8) is 0 Å². The summed E-state index contributed by atoms with van der Waals surface area (Å²) in [5, 5.41) is 3.39. The summed E-state index contributed by atoms with van der Waals surface area (Å²) in [7, 11) is -3.78. The minimum Gasteiger partial charge on any atom is -0.348 e. The minimum atomic E-state index is -3.78. The van der Waals surface area contributed by atoms with Gasteiger partial charge in [0.25, 0.3) is 0 Å². The number of benzene rings is 2. The minimum absolute atomic E-state index is 0.0932. The molecule has 1 N–H and O–H groups in total. The quantitative estimate of drug-likeness (QED) is 0.661. The number of carbonyl (C=O) groups is 1. The molecule has 1 atom stereocenters. The van der Waals surface area contributed by atoms with Crippen molar-refractivity contribution in [3.05, 3.63) is 62.6 Å². The lowest BCUT2D eigenvalue weighted by atomic mass is 9.88. The molecule has 0 saturated heterocycles. The second-order valence-electron chi connectivity index (χ2n) is 6.70. The molecule has 5 nitrogen and oxygen atoms in total. The first-order chi connectivity index (χ1) is 13.2. The van der Waals surface area contributed by atoms with Crippen molar-refractivity contribution in [2.45, 2.75) is 25.3 Å². The van der Waals surface area contributed by atoms with Crippen LogP contribution in [0.25, 0.3) is 0 Å². The molecule has 2 aromatic rings. The molecule has 150 valence electrons. The number of fused-ring (bicyclic) bond motifs is 1. The first-order valence-corrected chi connectivity index (χ1v) is 11.6. The van der Waals surface area contributed by atoms with Gasteiger partial charge >= 0.3 is 0 Å². The standard InChI is InChI=1S/C19H19Cl3N2O3S/c1-28(26,27)24(18-10-15(21)14(20)9-16(18)22)11-19(25)23-17-8-4-6-12-5-2-3-7-13(12)17/h2-3,5,7,9-10,17H,4,6,8,11H2,1H3,(H,23,25). The van der Waals surface area contributed by atoms with E-state index in [2.05, 4.69) is 5.32 Å². The van der Waals surface area contributed by atoms with Crippen molar-refractivity contribution < 1.29 is 13.2 Å². The largest absolute Gasteiger partial charge is 0.348 e. The number of hydrogen-bond donors (Lipinski definition) is 1. The number of anilines is 1. The van der Waals surface area contributed by atoms with Crippen molar-refractivity contribution in [3.8, 4) is 0 Å². The van der Waals surface area contributed by atoms with E-state index in [1.54, 1.807) is 0 Å². The van der Waals surface area contributed by atoms with Crippen LogP contribution in [0.3, 0.4) is 0 Å². The van der Waals surface area contributed by atoms with E-state index >= 15 is 0 Å². The first-order valence-electron chi connectivity index (χ1n) is 8.66. The molecule has 1 unspecified atom stereocenters. The highest BCUT2D eigenvalue weighted by Gasteiger charge is 2.27. The molecular weight excluding hydrogens is 443 g/mol. The lowest BCUT2D eigenvalue weighted by Gasteiger charge is -2.28. The van der Waals surface area contributed by atoms with Gasteiger partial charge in [0.05, 0.1) is 33.1 Å². The van der Waals surface area contributed by atoms with Crippen LogP contribution < -0.4 is 9.62 Å². The topological polar surface area (TPSA) is 66.5 Å². The molecular formula is C19H19Cl3N2O3S. The third-order valence-corrected chi connectivity index (χ3v) is 6.80. The molecule has 0 heterocycles. The summed E-state index contributed by atoms with van der Waals surface area (Å²) < 4.78 is 25.6. The zero-order valence-electron chi connectivity index (χ0n) is 15.1. The molecule has 0 aliphatic heterocycles. The first kappa shape index (κ1) is 21.2.